The molecule has 1 heterocycles. The molecule has 9 heteroatoms. The molecule has 4 N–H and O–H groups in total. The molecule has 1 saturated carbocycles. The van der Waals surface area contributed by atoms with Crippen LogP contribution in [0.15, 0.2) is 17.3 Å². The molecule has 2 unspecified atom stereocenters. The summed E-state index contributed by atoms with van der Waals surface area (Å²) < 4.78 is 28.4. The zero-order chi connectivity index (χ0) is 15.5. The minimum Gasteiger partial charge on any atom is -0.481 e. The molecular formula is C12H20N4O4S. The van der Waals surface area contributed by atoms with E-state index in [2.05, 4.69) is 9.82 Å². The Morgan fingerprint density at radius 3 is 2.86 bits per heavy atom. The van der Waals surface area contributed by atoms with Crippen molar-refractivity contribution in [3.8, 4) is 0 Å². The monoisotopic (exact) mass is 316 g/mol. The molecule has 1 fully saturated rings. The molecule has 1 aromatic heterocycles. The van der Waals surface area contributed by atoms with Gasteiger partial charge < -0.3 is 10.8 Å². The second-order valence-electron chi connectivity index (χ2n) is 5.26. The smallest absolute Gasteiger partial charge is 0.305 e. The van der Waals surface area contributed by atoms with E-state index in [4.69, 9.17) is 10.8 Å². The van der Waals surface area contributed by atoms with Crippen molar-refractivity contribution in [2.45, 2.75) is 55.6 Å². The molecule has 0 aliphatic heterocycles. The molecular weight excluding hydrogens is 296 g/mol. The van der Waals surface area contributed by atoms with Gasteiger partial charge in [-0.25, -0.2) is 13.1 Å². The number of sulfonamides is 1. The van der Waals surface area contributed by atoms with Gasteiger partial charge in [0.1, 0.15) is 4.90 Å². The van der Waals surface area contributed by atoms with Gasteiger partial charge in [0.15, 0.2) is 0 Å². The first-order valence-electron chi connectivity index (χ1n) is 6.90. The standard InChI is InChI=1S/C12H20N4O4S/c13-10-3-1-2-4-11(10)15-21(19,20)9-7-14-16(8-9)6-5-12(17)18/h7-8,10-11,15H,1-6,13H2,(H,17,18). The highest BCUT2D eigenvalue weighted by Gasteiger charge is 2.27. The van der Waals surface area contributed by atoms with Crippen LogP contribution in [0.4, 0.5) is 0 Å². The number of carbonyl (C=O) groups is 1. The van der Waals surface area contributed by atoms with Gasteiger partial charge in [-0.1, -0.05) is 12.8 Å². The van der Waals surface area contributed by atoms with E-state index >= 15 is 0 Å². The van der Waals surface area contributed by atoms with Gasteiger partial charge in [-0.3, -0.25) is 9.48 Å². The molecule has 1 aliphatic rings. The first kappa shape index (κ1) is 15.9. The van der Waals surface area contributed by atoms with Crippen LogP contribution < -0.4 is 10.5 Å². The zero-order valence-corrected chi connectivity index (χ0v) is 12.4. The third-order valence-corrected chi connectivity index (χ3v) is 5.05. The Kier molecular flexibility index (Phi) is 4.96. The topological polar surface area (TPSA) is 127 Å². The summed E-state index contributed by atoms with van der Waals surface area (Å²) in [6.07, 6.45) is 5.96. The Bertz CT molecular complexity index is 598. The van der Waals surface area contributed by atoms with Crippen molar-refractivity contribution in [2.24, 2.45) is 5.73 Å². The SMILES string of the molecule is NC1CCCCC1NS(=O)(=O)c1cnn(CCC(=O)O)c1. The molecule has 0 aromatic carbocycles. The van der Waals surface area contributed by atoms with Crippen molar-refractivity contribution in [1.29, 1.82) is 0 Å². The second-order valence-corrected chi connectivity index (χ2v) is 6.97. The van der Waals surface area contributed by atoms with Crippen molar-refractivity contribution in [2.75, 3.05) is 0 Å². The molecule has 1 aliphatic carbocycles. The maximum Gasteiger partial charge on any atom is 0.305 e. The molecule has 0 radical (unpaired) electrons. The highest BCUT2D eigenvalue weighted by Crippen LogP contribution is 2.19. The average molecular weight is 316 g/mol. The third-order valence-electron chi connectivity index (χ3n) is 3.60. The molecule has 2 rings (SSSR count). The van der Waals surface area contributed by atoms with Crippen molar-refractivity contribution < 1.29 is 18.3 Å². The molecule has 2 atom stereocenters. The normalized spacial score (nSPS) is 23.1. The minimum atomic E-state index is -3.67. The maximum atomic E-state index is 12.3. The van der Waals surface area contributed by atoms with E-state index in [9.17, 15) is 13.2 Å². The van der Waals surface area contributed by atoms with Crippen LogP contribution in [0, 0.1) is 0 Å². The van der Waals surface area contributed by atoms with Crippen LogP contribution in [0.5, 0.6) is 0 Å². The number of nitrogens with zero attached hydrogens (tertiary/aromatic N) is 2. The van der Waals surface area contributed by atoms with Crippen molar-refractivity contribution in [3.05, 3.63) is 12.4 Å². The number of hydrogen-bond donors (Lipinski definition) is 3. The summed E-state index contributed by atoms with van der Waals surface area (Å²) in [6.45, 7) is 0.133. The fourth-order valence-electron chi connectivity index (χ4n) is 2.39. The van der Waals surface area contributed by atoms with Crippen LogP contribution in [0.2, 0.25) is 0 Å². The van der Waals surface area contributed by atoms with Crippen LogP contribution in [0.3, 0.4) is 0 Å². The summed E-state index contributed by atoms with van der Waals surface area (Å²) in [7, 11) is -3.67. The minimum absolute atomic E-state index is 0.0330. The van der Waals surface area contributed by atoms with E-state index in [1.165, 1.54) is 17.1 Å². The van der Waals surface area contributed by atoms with Gasteiger partial charge in [0.05, 0.1) is 19.2 Å². The largest absolute Gasteiger partial charge is 0.481 e. The predicted octanol–water partition coefficient (Wildman–Crippen LogP) is -0.0940. The molecule has 0 bridgehead atoms. The predicted molar refractivity (Wildman–Crippen MR) is 75.0 cm³/mol. The molecule has 0 saturated heterocycles. The summed E-state index contributed by atoms with van der Waals surface area (Å²) in [5.74, 6) is -0.957. The Morgan fingerprint density at radius 1 is 1.48 bits per heavy atom. The Labute approximate surface area is 123 Å². The fraction of sp³-hybridized carbons (Fsp3) is 0.667. The molecule has 8 nitrogen and oxygen atoms in total. The lowest BCUT2D eigenvalue weighted by atomic mass is 9.92. The number of nitrogens with one attached hydrogen (secondary N) is 1. The van der Waals surface area contributed by atoms with E-state index in [-0.39, 0.29) is 29.9 Å². The Balaban J connectivity index is 2.03. The van der Waals surface area contributed by atoms with E-state index in [1.807, 2.05) is 0 Å². The van der Waals surface area contributed by atoms with Crippen molar-refractivity contribution in [1.82, 2.24) is 14.5 Å². The summed E-state index contributed by atoms with van der Waals surface area (Å²) >= 11 is 0. The highest BCUT2D eigenvalue weighted by molar-refractivity contribution is 7.89. The number of carboxylic acid groups (broad SMARTS) is 1. The molecule has 1 aromatic rings. The fourth-order valence-corrected chi connectivity index (χ4v) is 3.66. The van der Waals surface area contributed by atoms with Gasteiger partial charge >= 0.3 is 5.97 Å². The van der Waals surface area contributed by atoms with Gasteiger partial charge in [-0.2, -0.15) is 5.10 Å². The van der Waals surface area contributed by atoms with Crippen LogP contribution in [0.25, 0.3) is 0 Å². The Hall–Kier alpha value is -1.45. The molecule has 0 spiro atoms. The maximum absolute atomic E-state index is 12.3. The van der Waals surface area contributed by atoms with Gasteiger partial charge in [0.25, 0.3) is 0 Å². The second kappa shape index (κ2) is 6.54. The van der Waals surface area contributed by atoms with E-state index < -0.39 is 16.0 Å². The lowest BCUT2D eigenvalue weighted by molar-refractivity contribution is -0.137. The summed E-state index contributed by atoms with van der Waals surface area (Å²) in [5.41, 5.74) is 5.94. The van der Waals surface area contributed by atoms with E-state index in [1.54, 1.807) is 0 Å². The molecule has 118 valence electrons. The van der Waals surface area contributed by atoms with Crippen LogP contribution in [-0.2, 0) is 21.4 Å². The molecule has 0 amide bonds. The van der Waals surface area contributed by atoms with Gasteiger partial charge in [-0.15, -0.1) is 0 Å². The number of aliphatic carboxylic acids is 1. The number of nitrogens with two attached hydrogens (primary N) is 1. The van der Waals surface area contributed by atoms with E-state index in [0.717, 1.165) is 25.7 Å². The summed E-state index contributed by atoms with van der Waals surface area (Å²) in [5, 5.41) is 12.5. The Morgan fingerprint density at radius 2 is 2.19 bits per heavy atom. The van der Waals surface area contributed by atoms with Gasteiger partial charge in [0.2, 0.25) is 10.0 Å². The quantitative estimate of drug-likeness (QED) is 0.673. The third kappa shape index (κ3) is 4.26. The van der Waals surface area contributed by atoms with Gasteiger partial charge in [-0.05, 0) is 12.8 Å². The van der Waals surface area contributed by atoms with Crippen LogP contribution in [-0.4, -0.2) is 41.4 Å². The number of hydrogen-bond acceptors (Lipinski definition) is 5. The first-order valence-corrected chi connectivity index (χ1v) is 8.39. The van der Waals surface area contributed by atoms with Crippen LogP contribution in [0.1, 0.15) is 32.1 Å². The average Bonchev–Trinajstić information content (AvgIpc) is 2.88. The lowest BCUT2D eigenvalue weighted by Gasteiger charge is -2.28. The summed E-state index contributed by atoms with van der Waals surface area (Å²) in [4.78, 5) is 10.5. The highest BCUT2D eigenvalue weighted by atomic mass is 32.2. The van der Waals surface area contributed by atoms with Crippen LogP contribution >= 0.6 is 0 Å². The number of rotatable bonds is 6. The van der Waals surface area contributed by atoms with E-state index in [0.29, 0.717) is 0 Å². The number of aryl methyl sites for hydroxylation is 1. The summed E-state index contributed by atoms with van der Waals surface area (Å²) in [6, 6.07) is -0.429. The van der Waals surface area contributed by atoms with Gasteiger partial charge in [0, 0.05) is 18.3 Å². The molecule has 21 heavy (non-hydrogen) atoms. The lowest BCUT2D eigenvalue weighted by Crippen LogP contribution is -2.49. The van der Waals surface area contributed by atoms with Crippen molar-refractivity contribution in [3.63, 3.8) is 0 Å². The number of carboxylic acids is 1. The first-order chi connectivity index (χ1) is 9.88. The van der Waals surface area contributed by atoms with Crippen molar-refractivity contribution >= 4 is 16.0 Å². The number of aromatic nitrogens is 2. The zero-order valence-electron chi connectivity index (χ0n) is 11.6.